The highest BCUT2D eigenvalue weighted by atomic mass is 79.9. The number of nitrogens with zero attached hydrogens (tertiary/aromatic N) is 3. The van der Waals surface area contributed by atoms with Gasteiger partial charge in [0.05, 0.1) is 0 Å². The Hall–Kier alpha value is -1.59. The summed E-state index contributed by atoms with van der Waals surface area (Å²) >= 11 is 6.87. The Morgan fingerprint density at radius 2 is 1.00 bits per heavy atom. The van der Waals surface area contributed by atoms with E-state index < -0.39 is 0 Å². The summed E-state index contributed by atoms with van der Waals surface area (Å²) < 4.78 is 2.07. The summed E-state index contributed by atoms with van der Waals surface area (Å²) in [6.07, 6.45) is 0. The van der Waals surface area contributed by atoms with Crippen LogP contribution in [0.3, 0.4) is 0 Å². The van der Waals surface area contributed by atoms with Gasteiger partial charge < -0.3 is 0 Å². The van der Waals surface area contributed by atoms with Gasteiger partial charge in [0.15, 0.2) is 11.6 Å². The standard InChI is InChI=1S/C16H11Br2N3/c1-10-19-15(11-2-6-13(17)7-3-11)21-16(20-10)12-4-8-14(18)9-5-12/h2-9H,1H3. The summed E-state index contributed by atoms with van der Waals surface area (Å²) in [7, 11) is 0. The number of hydrogen-bond acceptors (Lipinski definition) is 3. The average Bonchev–Trinajstić information content (AvgIpc) is 2.48. The molecule has 1 aromatic heterocycles. The van der Waals surface area contributed by atoms with E-state index in [1.54, 1.807) is 0 Å². The van der Waals surface area contributed by atoms with Crippen molar-refractivity contribution in [3.05, 3.63) is 63.3 Å². The van der Waals surface area contributed by atoms with Gasteiger partial charge in [0.2, 0.25) is 0 Å². The highest BCUT2D eigenvalue weighted by Gasteiger charge is 2.08. The van der Waals surface area contributed by atoms with Crippen LogP contribution in [-0.2, 0) is 0 Å². The Balaban J connectivity index is 2.07. The number of aryl methyl sites for hydroxylation is 1. The Bertz CT molecular complexity index is 705. The number of benzene rings is 2. The fourth-order valence-electron chi connectivity index (χ4n) is 1.94. The first-order valence-electron chi connectivity index (χ1n) is 6.36. The third kappa shape index (κ3) is 3.36. The molecule has 21 heavy (non-hydrogen) atoms. The van der Waals surface area contributed by atoms with E-state index in [1.165, 1.54) is 0 Å². The lowest BCUT2D eigenvalue weighted by atomic mass is 10.2. The molecule has 0 atom stereocenters. The zero-order valence-corrected chi connectivity index (χ0v) is 14.4. The van der Waals surface area contributed by atoms with Gasteiger partial charge in [-0.15, -0.1) is 0 Å². The van der Waals surface area contributed by atoms with Crippen LogP contribution >= 0.6 is 31.9 Å². The first kappa shape index (κ1) is 14.4. The minimum Gasteiger partial charge on any atom is -0.213 e. The van der Waals surface area contributed by atoms with Gasteiger partial charge in [-0.05, 0) is 31.2 Å². The average molecular weight is 405 g/mol. The Labute approximate surface area is 139 Å². The van der Waals surface area contributed by atoms with Crippen LogP contribution in [0, 0.1) is 6.92 Å². The Morgan fingerprint density at radius 1 is 0.619 bits per heavy atom. The predicted molar refractivity (Wildman–Crippen MR) is 90.8 cm³/mol. The molecule has 0 amide bonds. The largest absolute Gasteiger partial charge is 0.213 e. The van der Waals surface area contributed by atoms with Crippen LogP contribution in [0.15, 0.2) is 57.5 Å². The second-order valence-corrected chi connectivity index (χ2v) is 6.37. The van der Waals surface area contributed by atoms with Gasteiger partial charge in [0.1, 0.15) is 5.82 Å². The van der Waals surface area contributed by atoms with E-state index in [0.29, 0.717) is 17.5 Å². The molecule has 0 N–H and O–H groups in total. The lowest BCUT2D eigenvalue weighted by Crippen LogP contribution is -1.99. The van der Waals surface area contributed by atoms with Crippen molar-refractivity contribution in [2.24, 2.45) is 0 Å². The van der Waals surface area contributed by atoms with Crippen molar-refractivity contribution < 1.29 is 0 Å². The van der Waals surface area contributed by atoms with Crippen molar-refractivity contribution in [2.45, 2.75) is 6.92 Å². The van der Waals surface area contributed by atoms with Crippen LogP contribution in [0.4, 0.5) is 0 Å². The Kier molecular flexibility index (Phi) is 4.12. The molecule has 0 aliphatic heterocycles. The van der Waals surface area contributed by atoms with Crippen molar-refractivity contribution in [3.63, 3.8) is 0 Å². The summed E-state index contributed by atoms with van der Waals surface area (Å²) in [5.41, 5.74) is 1.95. The molecular formula is C16H11Br2N3. The third-order valence-corrected chi connectivity index (χ3v) is 4.01. The summed E-state index contributed by atoms with van der Waals surface area (Å²) in [5, 5.41) is 0. The molecule has 0 spiro atoms. The second kappa shape index (κ2) is 6.03. The molecule has 0 saturated heterocycles. The molecule has 0 bridgehead atoms. The molecular weight excluding hydrogens is 394 g/mol. The lowest BCUT2D eigenvalue weighted by Gasteiger charge is -2.06. The molecule has 2 aromatic carbocycles. The number of halogens is 2. The maximum absolute atomic E-state index is 4.58. The molecule has 5 heteroatoms. The van der Waals surface area contributed by atoms with E-state index in [2.05, 4.69) is 46.8 Å². The van der Waals surface area contributed by atoms with Gasteiger partial charge >= 0.3 is 0 Å². The van der Waals surface area contributed by atoms with Gasteiger partial charge in [-0.25, -0.2) is 15.0 Å². The monoisotopic (exact) mass is 403 g/mol. The van der Waals surface area contributed by atoms with E-state index in [1.807, 2.05) is 55.5 Å². The topological polar surface area (TPSA) is 38.7 Å². The maximum atomic E-state index is 4.58. The Morgan fingerprint density at radius 3 is 1.38 bits per heavy atom. The minimum atomic E-state index is 0.688. The van der Waals surface area contributed by atoms with Crippen LogP contribution in [0.1, 0.15) is 5.82 Å². The van der Waals surface area contributed by atoms with Crippen LogP contribution in [0.2, 0.25) is 0 Å². The predicted octanol–water partition coefficient (Wildman–Crippen LogP) is 5.04. The van der Waals surface area contributed by atoms with E-state index in [-0.39, 0.29) is 0 Å². The first-order valence-corrected chi connectivity index (χ1v) is 7.95. The normalized spacial score (nSPS) is 10.6. The number of aromatic nitrogens is 3. The van der Waals surface area contributed by atoms with Crippen molar-refractivity contribution in [2.75, 3.05) is 0 Å². The molecule has 0 unspecified atom stereocenters. The van der Waals surface area contributed by atoms with Crippen molar-refractivity contribution >= 4 is 31.9 Å². The lowest BCUT2D eigenvalue weighted by molar-refractivity contribution is 0.992. The summed E-state index contributed by atoms with van der Waals surface area (Å²) in [4.78, 5) is 13.4. The second-order valence-electron chi connectivity index (χ2n) is 4.54. The van der Waals surface area contributed by atoms with Crippen molar-refractivity contribution in [1.82, 2.24) is 15.0 Å². The van der Waals surface area contributed by atoms with Crippen molar-refractivity contribution in [3.8, 4) is 22.8 Å². The van der Waals surface area contributed by atoms with Crippen molar-refractivity contribution in [1.29, 1.82) is 0 Å². The van der Waals surface area contributed by atoms with Crippen LogP contribution in [0.5, 0.6) is 0 Å². The molecule has 0 fully saturated rings. The summed E-state index contributed by atoms with van der Waals surface area (Å²) in [6.45, 7) is 1.88. The number of rotatable bonds is 2. The minimum absolute atomic E-state index is 0.688. The maximum Gasteiger partial charge on any atom is 0.163 e. The number of hydrogen-bond donors (Lipinski definition) is 0. The van der Waals surface area contributed by atoms with Gasteiger partial charge in [-0.1, -0.05) is 56.1 Å². The highest BCUT2D eigenvalue weighted by molar-refractivity contribution is 9.10. The molecule has 3 nitrogen and oxygen atoms in total. The van der Waals surface area contributed by atoms with Crippen LogP contribution in [0.25, 0.3) is 22.8 Å². The fourth-order valence-corrected chi connectivity index (χ4v) is 2.47. The summed E-state index contributed by atoms with van der Waals surface area (Å²) in [6, 6.07) is 15.9. The SMILES string of the molecule is Cc1nc(-c2ccc(Br)cc2)nc(-c2ccc(Br)cc2)n1. The molecule has 104 valence electrons. The highest BCUT2D eigenvalue weighted by Crippen LogP contribution is 2.23. The van der Waals surface area contributed by atoms with Gasteiger partial charge in [0.25, 0.3) is 0 Å². The van der Waals surface area contributed by atoms with E-state index in [9.17, 15) is 0 Å². The van der Waals surface area contributed by atoms with Crippen LogP contribution < -0.4 is 0 Å². The zero-order chi connectivity index (χ0) is 14.8. The molecule has 3 rings (SSSR count). The molecule has 3 aromatic rings. The zero-order valence-electron chi connectivity index (χ0n) is 11.2. The molecule has 0 radical (unpaired) electrons. The van der Waals surface area contributed by atoms with E-state index in [0.717, 1.165) is 20.1 Å². The molecule has 1 heterocycles. The smallest absolute Gasteiger partial charge is 0.163 e. The van der Waals surface area contributed by atoms with Crippen LogP contribution in [-0.4, -0.2) is 15.0 Å². The first-order chi connectivity index (χ1) is 10.1. The van der Waals surface area contributed by atoms with E-state index in [4.69, 9.17) is 0 Å². The van der Waals surface area contributed by atoms with Gasteiger partial charge in [-0.3, -0.25) is 0 Å². The summed E-state index contributed by atoms with van der Waals surface area (Å²) in [5.74, 6) is 2.08. The van der Waals surface area contributed by atoms with E-state index >= 15 is 0 Å². The van der Waals surface area contributed by atoms with Gasteiger partial charge in [0, 0.05) is 20.1 Å². The molecule has 0 aliphatic rings. The van der Waals surface area contributed by atoms with Gasteiger partial charge in [-0.2, -0.15) is 0 Å². The quantitative estimate of drug-likeness (QED) is 0.600. The molecule has 0 aliphatic carbocycles. The molecule has 0 saturated carbocycles. The fraction of sp³-hybridized carbons (Fsp3) is 0.0625. The third-order valence-electron chi connectivity index (χ3n) is 2.95.